The molecule has 0 radical (unpaired) electrons. The van der Waals surface area contributed by atoms with Gasteiger partial charge in [0.2, 0.25) is 0 Å². The van der Waals surface area contributed by atoms with Crippen LogP contribution in [0.15, 0.2) is 35.3 Å². The lowest BCUT2D eigenvalue weighted by Crippen LogP contribution is -2.26. The second-order valence-corrected chi connectivity index (χ2v) is 4.62. The summed E-state index contributed by atoms with van der Waals surface area (Å²) in [6.45, 7) is 2.96. The van der Waals surface area contributed by atoms with Crippen molar-refractivity contribution in [2.45, 2.75) is 13.5 Å². The Kier molecular flexibility index (Phi) is 4.02. The number of nitrogens with zero attached hydrogens (tertiary/aromatic N) is 3. The Morgan fingerprint density at radius 1 is 1.35 bits per heavy atom. The minimum Gasteiger partial charge on any atom is -0.399 e. The molecule has 0 atom stereocenters. The third-order valence-corrected chi connectivity index (χ3v) is 3.08. The average Bonchev–Trinajstić information content (AvgIpc) is 2.39. The molecule has 6 heteroatoms. The standard InChI is InChI=1S/C14H17FN4O/c1-3-18(2)13-7-14(20)19(17-8-13)9-10-4-11(15)6-12(16)5-10/h4-8H,3,9,16H2,1-2H3. The molecule has 0 spiro atoms. The average molecular weight is 276 g/mol. The molecule has 2 rings (SSSR count). The minimum atomic E-state index is -0.421. The van der Waals surface area contributed by atoms with Gasteiger partial charge in [-0.05, 0) is 30.7 Å². The van der Waals surface area contributed by atoms with E-state index in [0.29, 0.717) is 11.3 Å². The van der Waals surface area contributed by atoms with Gasteiger partial charge >= 0.3 is 0 Å². The highest BCUT2D eigenvalue weighted by Gasteiger charge is 2.05. The molecule has 0 aliphatic heterocycles. The van der Waals surface area contributed by atoms with Gasteiger partial charge in [-0.3, -0.25) is 4.79 Å². The quantitative estimate of drug-likeness (QED) is 0.859. The van der Waals surface area contributed by atoms with Gasteiger partial charge in [0, 0.05) is 25.3 Å². The normalized spacial score (nSPS) is 10.6. The summed E-state index contributed by atoms with van der Waals surface area (Å²) in [6.07, 6.45) is 1.62. The molecular formula is C14H17FN4O. The number of aromatic nitrogens is 2. The number of hydrogen-bond acceptors (Lipinski definition) is 4. The summed E-state index contributed by atoms with van der Waals surface area (Å²) in [6, 6.07) is 5.72. The summed E-state index contributed by atoms with van der Waals surface area (Å²) in [5, 5.41) is 4.10. The van der Waals surface area contributed by atoms with Crippen LogP contribution in [-0.2, 0) is 6.54 Å². The lowest BCUT2D eigenvalue weighted by Gasteiger charge is -2.16. The van der Waals surface area contributed by atoms with Crippen LogP contribution in [0, 0.1) is 5.82 Å². The van der Waals surface area contributed by atoms with Crippen molar-refractivity contribution in [3.8, 4) is 0 Å². The zero-order valence-electron chi connectivity index (χ0n) is 11.5. The number of nitrogen functional groups attached to an aromatic ring is 1. The summed E-state index contributed by atoms with van der Waals surface area (Å²) < 4.78 is 14.5. The predicted molar refractivity (Wildman–Crippen MR) is 77.4 cm³/mol. The molecule has 2 N–H and O–H groups in total. The van der Waals surface area contributed by atoms with Gasteiger partial charge in [0.25, 0.3) is 5.56 Å². The fourth-order valence-corrected chi connectivity index (χ4v) is 1.87. The molecule has 0 amide bonds. The van der Waals surface area contributed by atoms with Crippen molar-refractivity contribution >= 4 is 11.4 Å². The summed E-state index contributed by atoms with van der Waals surface area (Å²) in [7, 11) is 1.88. The van der Waals surface area contributed by atoms with Gasteiger partial charge < -0.3 is 10.6 Å². The molecular weight excluding hydrogens is 259 g/mol. The van der Waals surface area contributed by atoms with Crippen LogP contribution in [0.2, 0.25) is 0 Å². The second-order valence-electron chi connectivity index (χ2n) is 4.62. The van der Waals surface area contributed by atoms with Crippen molar-refractivity contribution < 1.29 is 4.39 Å². The maximum Gasteiger partial charge on any atom is 0.269 e. The molecule has 0 fully saturated rings. The molecule has 5 nitrogen and oxygen atoms in total. The highest BCUT2D eigenvalue weighted by Crippen LogP contribution is 2.12. The maximum absolute atomic E-state index is 13.3. The van der Waals surface area contributed by atoms with Crippen LogP contribution in [0.1, 0.15) is 12.5 Å². The van der Waals surface area contributed by atoms with Gasteiger partial charge in [-0.25, -0.2) is 9.07 Å². The topological polar surface area (TPSA) is 64.2 Å². The highest BCUT2D eigenvalue weighted by molar-refractivity contribution is 5.42. The van der Waals surface area contributed by atoms with E-state index in [2.05, 4.69) is 5.10 Å². The lowest BCUT2D eigenvalue weighted by molar-refractivity contribution is 0.611. The van der Waals surface area contributed by atoms with Crippen LogP contribution in [0.25, 0.3) is 0 Å². The maximum atomic E-state index is 13.3. The molecule has 0 aliphatic carbocycles. The van der Waals surface area contributed by atoms with Gasteiger partial charge in [-0.15, -0.1) is 0 Å². The Bertz CT molecular complexity index is 648. The Hall–Kier alpha value is -2.37. The number of nitrogens with two attached hydrogens (primary N) is 1. The molecule has 0 saturated heterocycles. The first-order valence-corrected chi connectivity index (χ1v) is 6.33. The molecule has 1 aromatic carbocycles. The number of halogens is 1. The zero-order valence-corrected chi connectivity index (χ0v) is 11.5. The fraction of sp³-hybridized carbons (Fsp3) is 0.286. The molecule has 0 saturated carbocycles. The van der Waals surface area contributed by atoms with Crippen molar-refractivity contribution in [2.24, 2.45) is 0 Å². The fourth-order valence-electron chi connectivity index (χ4n) is 1.87. The third kappa shape index (κ3) is 3.14. The van der Waals surface area contributed by atoms with Gasteiger partial charge in [0.1, 0.15) is 5.82 Å². The Morgan fingerprint density at radius 3 is 2.70 bits per heavy atom. The van der Waals surface area contributed by atoms with E-state index in [-0.39, 0.29) is 12.1 Å². The van der Waals surface area contributed by atoms with Crippen molar-refractivity contribution in [1.82, 2.24) is 9.78 Å². The van der Waals surface area contributed by atoms with Crippen molar-refractivity contribution in [3.63, 3.8) is 0 Å². The summed E-state index contributed by atoms with van der Waals surface area (Å²) in [5.41, 5.74) is 7.04. The first-order valence-electron chi connectivity index (χ1n) is 6.33. The van der Waals surface area contributed by atoms with E-state index in [1.807, 2.05) is 18.9 Å². The molecule has 0 unspecified atom stereocenters. The first-order chi connectivity index (χ1) is 9.49. The van der Waals surface area contributed by atoms with Crippen LogP contribution in [0.3, 0.4) is 0 Å². The third-order valence-electron chi connectivity index (χ3n) is 3.08. The van der Waals surface area contributed by atoms with E-state index in [9.17, 15) is 9.18 Å². The Labute approximate surface area is 116 Å². The molecule has 106 valence electrons. The number of anilines is 2. The number of hydrogen-bond donors (Lipinski definition) is 1. The predicted octanol–water partition coefficient (Wildman–Crippen LogP) is 1.47. The molecule has 20 heavy (non-hydrogen) atoms. The van der Waals surface area contributed by atoms with E-state index < -0.39 is 5.82 Å². The monoisotopic (exact) mass is 276 g/mol. The Morgan fingerprint density at radius 2 is 2.10 bits per heavy atom. The highest BCUT2D eigenvalue weighted by atomic mass is 19.1. The zero-order chi connectivity index (χ0) is 14.7. The van der Waals surface area contributed by atoms with E-state index >= 15 is 0 Å². The van der Waals surface area contributed by atoms with Crippen LogP contribution >= 0.6 is 0 Å². The molecule has 0 aliphatic rings. The summed E-state index contributed by atoms with van der Waals surface area (Å²) in [5.74, 6) is -0.421. The van der Waals surface area contributed by atoms with Gasteiger partial charge in [0.05, 0.1) is 18.4 Å². The smallest absolute Gasteiger partial charge is 0.269 e. The minimum absolute atomic E-state index is 0.191. The lowest BCUT2D eigenvalue weighted by atomic mass is 10.2. The molecule has 0 bridgehead atoms. The van der Waals surface area contributed by atoms with Crippen molar-refractivity contribution in [2.75, 3.05) is 24.2 Å². The SMILES string of the molecule is CCN(C)c1cnn(Cc2cc(N)cc(F)c2)c(=O)c1. The van der Waals surface area contributed by atoms with Crippen molar-refractivity contribution in [1.29, 1.82) is 0 Å². The van der Waals surface area contributed by atoms with Crippen LogP contribution < -0.4 is 16.2 Å². The van der Waals surface area contributed by atoms with Crippen molar-refractivity contribution in [3.05, 3.63) is 52.2 Å². The van der Waals surface area contributed by atoms with E-state index in [0.717, 1.165) is 12.2 Å². The van der Waals surface area contributed by atoms with E-state index in [1.54, 1.807) is 12.3 Å². The summed E-state index contributed by atoms with van der Waals surface area (Å²) >= 11 is 0. The molecule has 2 aromatic rings. The van der Waals surface area contributed by atoms with Crippen LogP contribution in [0.4, 0.5) is 15.8 Å². The van der Waals surface area contributed by atoms with E-state index in [4.69, 9.17) is 5.73 Å². The number of rotatable bonds is 4. The molecule has 1 aromatic heterocycles. The van der Waals surface area contributed by atoms with Crippen LogP contribution in [-0.4, -0.2) is 23.4 Å². The van der Waals surface area contributed by atoms with Gasteiger partial charge in [0.15, 0.2) is 0 Å². The van der Waals surface area contributed by atoms with E-state index in [1.165, 1.54) is 22.9 Å². The van der Waals surface area contributed by atoms with Gasteiger partial charge in [-0.2, -0.15) is 5.10 Å². The molecule has 1 heterocycles. The first kappa shape index (κ1) is 14.0. The van der Waals surface area contributed by atoms with Gasteiger partial charge in [-0.1, -0.05) is 0 Å². The second kappa shape index (κ2) is 5.73. The Balaban J connectivity index is 2.28. The van der Waals surface area contributed by atoms with Crippen LogP contribution in [0.5, 0.6) is 0 Å². The number of benzene rings is 1. The summed E-state index contributed by atoms with van der Waals surface area (Å²) in [4.78, 5) is 13.9. The largest absolute Gasteiger partial charge is 0.399 e.